The molecule has 5 heteroatoms. The Kier molecular flexibility index (Phi) is 5.22. The Hall–Kier alpha value is -1.42. The third-order valence-corrected chi connectivity index (χ3v) is 3.94. The molecule has 0 atom stereocenters. The van der Waals surface area contributed by atoms with E-state index in [0.29, 0.717) is 19.1 Å². The fourth-order valence-electron chi connectivity index (χ4n) is 2.50. The van der Waals surface area contributed by atoms with Crippen LogP contribution in [0.15, 0.2) is 18.2 Å². The van der Waals surface area contributed by atoms with Gasteiger partial charge in [-0.1, -0.05) is 17.7 Å². The van der Waals surface area contributed by atoms with Gasteiger partial charge >= 0.3 is 6.09 Å². The highest BCUT2D eigenvalue weighted by molar-refractivity contribution is 6.30. The summed E-state index contributed by atoms with van der Waals surface area (Å²) in [6.07, 6.45) is 1.60. The van der Waals surface area contributed by atoms with Gasteiger partial charge in [-0.15, -0.1) is 0 Å². The summed E-state index contributed by atoms with van der Waals surface area (Å²) in [5.41, 5.74) is 1.81. The van der Waals surface area contributed by atoms with Crippen LogP contribution < -0.4 is 5.32 Å². The molecular formula is C17H25ClN2O2. The predicted molar refractivity (Wildman–Crippen MR) is 90.6 cm³/mol. The molecule has 1 aliphatic rings. The molecule has 4 nitrogen and oxygen atoms in total. The zero-order valence-electron chi connectivity index (χ0n) is 13.8. The number of nitrogens with zero attached hydrogens (tertiary/aromatic N) is 1. The van der Waals surface area contributed by atoms with Crippen LogP contribution in [-0.4, -0.2) is 35.7 Å². The molecule has 1 N–H and O–H groups in total. The maximum Gasteiger partial charge on any atom is 0.410 e. The largest absolute Gasteiger partial charge is 0.444 e. The van der Waals surface area contributed by atoms with Gasteiger partial charge in [-0.2, -0.15) is 0 Å². The molecular weight excluding hydrogens is 300 g/mol. The number of hydrogen-bond donors (Lipinski definition) is 1. The molecule has 0 aromatic heterocycles. The number of carbonyl (C=O) groups is 1. The van der Waals surface area contributed by atoms with Gasteiger partial charge in [0.1, 0.15) is 5.60 Å². The number of piperidine rings is 1. The highest BCUT2D eigenvalue weighted by Gasteiger charge is 2.26. The summed E-state index contributed by atoms with van der Waals surface area (Å²) in [5.74, 6) is 0. The molecule has 0 aliphatic carbocycles. The summed E-state index contributed by atoms with van der Waals surface area (Å²) in [7, 11) is 0. The van der Waals surface area contributed by atoms with Crippen molar-refractivity contribution >= 4 is 23.4 Å². The van der Waals surface area contributed by atoms with E-state index < -0.39 is 5.60 Å². The zero-order valence-corrected chi connectivity index (χ0v) is 14.5. The van der Waals surface area contributed by atoms with Crippen molar-refractivity contribution in [3.05, 3.63) is 28.8 Å². The monoisotopic (exact) mass is 324 g/mol. The van der Waals surface area contributed by atoms with Gasteiger partial charge in [-0.05, 0) is 58.2 Å². The minimum Gasteiger partial charge on any atom is -0.444 e. The van der Waals surface area contributed by atoms with Crippen LogP contribution in [0.25, 0.3) is 0 Å². The molecule has 2 rings (SSSR count). The molecule has 122 valence electrons. The molecule has 1 heterocycles. The maximum absolute atomic E-state index is 12.0. The van der Waals surface area contributed by atoms with Crippen molar-refractivity contribution in [2.75, 3.05) is 18.4 Å². The SMILES string of the molecule is Cc1ccc(Cl)cc1NC1CCN(C(=O)OC(C)(C)C)CC1. The Labute approximate surface area is 137 Å². The van der Waals surface area contributed by atoms with Crippen molar-refractivity contribution in [3.8, 4) is 0 Å². The predicted octanol–water partition coefficient (Wildman–Crippen LogP) is 4.46. The number of carbonyl (C=O) groups excluding carboxylic acids is 1. The van der Waals surface area contributed by atoms with Crippen molar-refractivity contribution in [3.63, 3.8) is 0 Å². The zero-order chi connectivity index (χ0) is 16.3. The van der Waals surface area contributed by atoms with E-state index in [4.69, 9.17) is 16.3 Å². The summed E-state index contributed by atoms with van der Waals surface area (Å²) in [5, 5.41) is 4.27. The minimum atomic E-state index is -0.440. The number of amides is 1. The average Bonchev–Trinajstić information content (AvgIpc) is 2.42. The van der Waals surface area contributed by atoms with E-state index in [1.165, 1.54) is 5.56 Å². The number of nitrogens with one attached hydrogen (secondary N) is 1. The number of ether oxygens (including phenoxy) is 1. The van der Waals surface area contributed by atoms with Gasteiger partial charge in [0.25, 0.3) is 0 Å². The molecule has 0 unspecified atom stereocenters. The second-order valence-corrected chi connectivity index (χ2v) is 7.28. The number of hydrogen-bond acceptors (Lipinski definition) is 3. The van der Waals surface area contributed by atoms with Gasteiger partial charge in [0.05, 0.1) is 0 Å². The summed E-state index contributed by atoms with van der Waals surface area (Å²) >= 11 is 6.05. The van der Waals surface area contributed by atoms with Gasteiger partial charge in [-0.25, -0.2) is 4.79 Å². The molecule has 1 fully saturated rings. The third kappa shape index (κ3) is 4.80. The molecule has 1 aromatic carbocycles. The fraction of sp³-hybridized carbons (Fsp3) is 0.588. The minimum absolute atomic E-state index is 0.218. The summed E-state index contributed by atoms with van der Waals surface area (Å²) in [6.45, 7) is 9.16. The molecule has 0 saturated carbocycles. The van der Waals surface area contributed by atoms with Crippen molar-refractivity contribution in [2.45, 2.75) is 52.2 Å². The van der Waals surface area contributed by atoms with Gasteiger partial charge in [0, 0.05) is 29.8 Å². The van der Waals surface area contributed by atoms with Crippen molar-refractivity contribution in [1.82, 2.24) is 4.90 Å². The second kappa shape index (κ2) is 6.78. The van der Waals surface area contributed by atoms with Crippen LogP contribution in [0.1, 0.15) is 39.2 Å². The summed E-state index contributed by atoms with van der Waals surface area (Å²) in [4.78, 5) is 13.8. The van der Waals surface area contributed by atoms with Crippen molar-refractivity contribution in [1.29, 1.82) is 0 Å². The molecule has 1 amide bonds. The van der Waals surface area contributed by atoms with E-state index in [9.17, 15) is 4.79 Å². The smallest absolute Gasteiger partial charge is 0.410 e. The summed E-state index contributed by atoms with van der Waals surface area (Å²) in [6, 6.07) is 6.22. The first-order chi connectivity index (χ1) is 10.2. The second-order valence-electron chi connectivity index (χ2n) is 6.85. The van der Waals surface area contributed by atoms with Crippen LogP contribution in [0, 0.1) is 6.92 Å². The lowest BCUT2D eigenvalue weighted by molar-refractivity contribution is 0.0210. The molecule has 22 heavy (non-hydrogen) atoms. The topological polar surface area (TPSA) is 41.6 Å². The number of anilines is 1. The molecule has 1 aliphatic heterocycles. The van der Waals surface area contributed by atoms with Crippen LogP contribution in [0.5, 0.6) is 0 Å². The Morgan fingerprint density at radius 3 is 2.55 bits per heavy atom. The average molecular weight is 325 g/mol. The lowest BCUT2D eigenvalue weighted by Gasteiger charge is -2.34. The van der Waals surface area contributed by atoms with E-state index >= 15 is 0 Å². The number of aryl methyl sites for hydroxylation is 1. The van der Waals surface area contributed by atoms with Crippen LogP contribution in [0.3, 0.4) is 0 Å². The Bertz CT molecular complexity index is 532. The highest BCUT2D eigenvalue weighted by Crippen LogP contribution is 2.24. The quantitative estimate of drug-likeness (QED) is 0.873. The van der Waals surface area contributed by atoms with E-state index in [1.807, 2.05) is 39.0 Å². The molecule has 0 spiro atoms. The van der Waals surface area contributed by atoms with Gasteiger partial charge in [0.15, 0.2) is 0 Å². The van der Waals surface area contributed by atoms with Crippen LogP contribution in [0.2, 0.25) is 5.02 Å². The molecule has 1 aromatic rings. The first-order valence-corrected chi connectivity index (χ1v) is 8.13. The normalized spacial score (nSPS) is 16.5. The van der Waals surface area contributed by atoms with E-state index in [1.54, 1.807) is 4.90 Å². The number of halogens is 1. The van der Waals surface area contributed by atoms with E-state index in [-0.39, 0.29) is 6.09 Å². The maximum atomic E-state index is 12.0. The van der Waals surface area contributed by atoms with E-state index in [0.717, 1.165) is 23.6 Å². The van der Waals surface area contributed by atoms with E-state index in [2.05, 4.69) is 12.2 Å². The molecule has 0 bridgehead atoms. The van der Waals surface area contributed by atoms with Crippen LogP contribution >= 0.6 is 11.6 Å². The Morgan fingerprint density at radius 1 is 1.32 bits per heavy atom. The lowest BCUT2D eigenvalue weighted by atomic mass is 10.0. The first kappa shape index (κ1) is 16.9. The Morgan fingerprint density at radius 2 is 1.95 bits per heavy atom. The fourth-order valence-corrected chi connectivity index (χ4v) is 2.67. The molecule has 1 saturated heterocycles. The Balaban J connectivity index is 1.87. The van der Waals surface area contributed by atoms with Gasteiger partial charge in [-0.3, -0.25) is 0 Å². The van der Waals surface area contributed by atoms with Crippen LogP contribution in [0.4, 0.5) is 10.5 Å². The van der Waals surface area contributed by atoms with Crippen molar-refractivity contribution in [2.24, 2.45) is 0 Å². The first-order valence-electron chi connectivity index (χ1n) is 7.75. The standard InChI is InChI=1S/C17H25ClN2O2/c1-12-5-6-13(18)11-15(12)19-14-7-9-20(10-8-14)16(21)22-17(2,3)4/h5-6,11,14,19H,7-10H2,1-4H3. The van der Waals surface area contributed by atoms with Crippen LogP contribution in [-0.2, 0) is 4.74 Å². The number of rotatable bonds is 2. The third-order valence-electron chi connectivity index (χ3n) is 3.71. The number of likely N-dealkylation sites (tertiary alicyclic amines) is 1. The van der Waals surface area contributed by atoms with Crippen molar-refractivity contribution < 1.29 is 9.53 Å². The number of benzene rings is 1. The lowest BCUT2D eigenvalue weighted by Crippen LogP contribution is -2.44. The summed E-state index contributed by atoms with van der Waals surface area (Å²) < 4.78 is 5.41. The van der Waals surface area contributed by atoms with Gasteiger partial charge < -0.3 is 15.0 Å². The highest BCUT2D eigenvalue weighted by atomic mass is 35.5. The van der Waals surface area contributed by atoms with Gasteiger partial charge in [0.2, 0.25) is 0 Å². The molecule has 0 radical (unpaired) electrons.